The molecule has 9 nitrogen and oxygen atoms in total. The predicted molar refractivity (Wildman–Crippen MR) is 180 cm³/mol. The summed E-state index contributed by atoms with van der Waals surface area (Å²) in [6, 6.07) is 13.9. The molecule has 0 bridgehead atoms. The zero-order valence-electron chi connectivity index (χ0n) is 28.0. The van der Waals surface area contributed by atoms with Crippen molar-refractivity contribution in [3.63, 3.8) is 0 Å². The van der Waals surface area contributed by atoms with Crippen LogP contribution in [0.4, 0.5) is 0 Å². The molecule has 4 aromatic rings. The number of fused-ring (bicyclic) bond motifs is 1. The lowest BCUT2D eigenvalue weighted by atomic mass is 10.00. The van der Waals surface area contributed by atoms with Crippen LogP contribution in [0.5, 0.6) is 0 Å². The van der Waals surface area contributed by atoms with Gasteiger partial charge >= 0.3 is 0 Å². The van der Waals surface area contributed by atoms with Crippen molar-refractivity contribution in [2.24, 2.45) is 7.05 Å². The zero-order valence-corrected chi connectivity index (χ0v) is 28.0. The van der Waals surface area contributed by atoms with Gasteiger partial charge in [-0.15, -0.1) is 10.2 Å². The van der Waals surface area contributed by atoms with Crippen molar-refractivity contribution < 1.29 is 9.59 Å². The van der Waals surface area contributed by atoms with E-state index in [1.807, 2.05) is 35.7 Å². The number of nitrogens with zero attached hydrogens (tertiary/aromatic N) is 7. The highest BCUT2D eigenvalue weighted by Gasteiger charge is 2.22. The van der Waals surface area contributed by atoms with E-state index in [1.54, 1.807) is 18.0 Å². The Balaban J connectivity index is 1.50. The summed E-state index contributed by atoms with van der Waals surface area (Å²) in [7, 11) is 1.71. The first-order valence-electron chi connectivity index (χ1n) is 16.9. The van der Waals surface area contributed by atoms with Gasteiger partial charge in [0.2, 0.25) is 5.78 Å². The van der Waals surface area contributed by atoms with Crippen LogP contribution in [0.25, 0.3) is 5.52 Å². The quantitative estimate of drug-likeness (QED) is 0.112. The minimum Gasteiger partial charge on any atom is -0.331 e. The molecule has 45 heavy (non-hydrogen) atoms. The first kappa shape index (κ1) is 34.0. The average molecular weight is 614 g/mol. The second-order valence-corrected chi connectivity index (χ2v) is 12.0. The van der Waals surface area contributed by atoms with E-state index in [1.165, 1.54) is 49.1 Å². The Labute approximate surface area is 268 Å². The molecule has 0 spiro atoms. The number of unbranched alkanes of at least 4 members (excludes halogenated alkanes) is 3. The van der Waals surface area contributed by atoms with Crippen LogP contribution >= 0.6 is 0 Å². The van der Waals surface area contributed by atoms with Crippen LogP contribution in [-0.4, -0.2) is 72.3 Å². The number of carbonyl (C=O) groups is 2. The topological polar surface area (TPSA) is 88.6 Å². The number of carbonyl (C=O) groups excluding carboxylic acids is 2. The van der Waals surface area contributed by atoms with Gasteiger partial charge in [-0.2, -0.15) is 4.80 Å². The number of aromatic nitrogens is 5. The first-order chi connectivity index (χ1) is 21.9. The lowest BCUT2D eigenvalue weighted by Gasteiger charge is -2.21. The summed E-state index contributed by atoms with van der Waals surface area (Å²) < 4.78 is 1.94. The van der Waals surface area contributed by atoms with E-state index in [-0.39, 0.29) is 18.2 Å². The molecule has 0 saturated heterocycles. The number of hydrogen-bond donors (Lipinski definition) is 0. The van der Waals surface area contributed by atoms with Crippen molar-refractivity contribution in [2.45, 2.75) is 92.0 Å². The van der Waals surface area contributed by atoms with Crippen LogP contribution in [0.2, 0.25) is 0 Å². The summed E-state index contributed by atoms with van der Waals surface area (Å²) >= 11 is 0. The van der Waals surface area contributed by atoms with Gasteiger partial charge in [-0.1, -0.05) is 64.3 Å². The SMILES string of the molecule is CCCCc1cc2cc(C(=O)N(CC)Cc3nnn(C)n3)ccn2c1C(=O)c1ccc(CCCN(CCCC)CCCC)cc1. The Kier molecular flexibility index (Phi) is 12.9. The molecule has 9 heteroatoms. The van der Waals surface area contributed by atoms with Gasteiger partial charge in [-0.25, -0.2) is 0 Å². The molecule has 0 radical (unpaired) electrons. The maximum Gasteiger partial charge on any atom is 0.254 e. The molecule has 3 heterocycles. The third kappa shape index (κ3) is 9.10. The van der Waals surface area contributed by atoms with Crippen LogP contribution in [0.15, 0.2) is 48.7 Å². The first-order valence-corrected chi connectivity index (χ1v) is 16.9. The fourth-order valence-corrected chi connectivity index (χ4v) is 5.81. The molecule has 0 aliphatic carbocycles. The summed E-state index contributed by atoms with van der Waals surface area (Å²) in [5, 5.41) is 12.1. The molecule has 0 aliphatic rings. The van der Waals surface area contributed by atoms with Crippen molar-refractivity contribution in [3.8, 4) is 0 Å². The Bertz CT molecular complexity index is 1510. The van der Waals surface area contributed by atoms with Gasteiger partial charge < -0.3 is 14.2 Å². The van der Waals surface area contributed by atoms with Crippen LogP contribution < -0.4 is 0 Å². The van der Waals surface area contributed by atoms with Crippen LogP contribution in [-0.2, 0) is 26.4 Å². The van der Waals surface area contributed by atoms with E-state index in [0.29, 0.717) is 29.2 Å². The largest absolute Gasteiger partial charge is 0.331 e. The molecule has 0 N–H and O–H groups in total. The smallest absolute Gasteiger partial charge is 0.254 e. The number of pyridine rings is 1. The molecule has 1 aromatic carbocycles. The average Bonchev–Trinajstić information content (AvgIpc) is 3.64. The third-order valence-corrected chi connectivity index (χ3v) is 8.48. The molecule has 0 atom stereocenters. The number of benzene rings is 1. The van der Waals surface area contributed by atoms with E-state index in [2.05, 4.69) is 59.3 Å². The number of tetrazole rings is 1. The highest BCUT2D eigenvalue weighted by atomic mass is 16.2. The van der Waals surface area contributed by atoms with Gasteiger partial charge in [0.25, 0.3) is 5.91 Å². The highest BCUT2D eigenvalue weighted by molar-refractivity contribution is 6.10. The monoisotopic (exact) mass is 613 g/mol. The molecule has 1 amide bonds. The fraction of sp³-hybridized carbons (Fsp3) is 0.528. The second-order valence-electron chi connectivity index (χ2n) is 12.0. The molecule has 0 aliphatic heterocycles. The zero-order chi connectivity index (χ0) is 32.2. The molecule has 0 fully saturated rings. The van der Waals surface area contributed by atoms with Crippen molar-refractivity contribution in [2.75, 3.05) is 26.2 Å². The lowest BCUT2D eigenvalue weighted by Crippen LogP contribution is -2.31. The van der Waals surface area contributed by atoms with Crippen molar-refractivity contribution in [1.29, 1.82) is 0 Å². The van der Waals surface area contributed by atoms with E-state index < -0.39 is 0 Å². The molecule has 242 valence electrons. The Morgan fingerprint density at radius 1 is 0.800 bits per heavy atom. The van der Waals surface area contributed by atoms with E-state index in [9.17, 15) is 9.59 Å². The van der Waals surface area contributed by atoms with Crippen LogP contribution in [0.1, 0.15) is 116 Å². The summed E-state index contributed by atoms with van der Waals surface area (Å²) in [4.78, 5) is 33.1. The summed E-state index contributed by atoms with van der Waals surface area (Å²) in [5.41, 5.74) is 5.08. The van der Waals surface area contributed by atoms with Gasteiger partial charge in [0.1, 0.15) is 0 Å². The van der Waals surface area contributed by atoms with Gasteiger partial charge in [0, 0.05) is 29.4 Å². The minimum atomic E-state index is -0.105. The normalized spacial score (nSPS) is 11.5. The molecular weight excluding hydrogens is 562 g/mol. The summed E-state index contributed by atoms with van der Waals surface area (Å²) in [6.07, 6.45) is 11.8. The van der Waals surface area contributed by atoms with Gasteiger partial charge in [0.15, 0.2) is 5.82 Å². The number of ketones is 1. The molecule has 4 rings (SSSR count). The van der Waals surface area contributed by atoms with E-state index in [0.717, 1.165) is 49.7 Å². The number of rotatable bonds is 19. The summed E-state index contributed by atoms with van der Waals surface area (Å²) in [6.45, 7) is 12.9. The van der Waals surface area contributed by atoms with E-state index in [4.69, 9.17) is 0 Å². The fourth-order valence-electron chi connectivity index (χ4n) is 5.81. The van der Waals surface area contributed by atoms with Crippen LogP contribution in [0.3, 0.4) is 0 Å². The third-order valence-electron chi connectivity index (χ3n) is 8.48. The van der Waals surface area contributed by atoms with Gasteiger partial charge in [0.05, 0.1) is 19.3 Å². The summed E-state index contributed by atoms with van der Waals surface area (Å²) in [5.74, 6) is 0.408. The van der Waals surface area contributed by atoms with Crippen molar-refractivity contribution >= 4 is 17.2 Å². The molecular formula is C36H51N7O2. The minimum absolute atomic E-state index is 0.0148. The molecule has 0 saturated carbocycles. The van der Waals surface area contributed by atoms with Crippen molar-refractivity contribution in [3.05, 3.63) is 82.4 Å². The predicted octanol–water partition coefficient (Wildman–Crippen LogP) is 6.53. The van der Waals surface area contributed by atoms with Crippen LogP contribution in [0, 0.1) is 0 Å². The highest BCUT2D eigenvalue weighted by Crippen LogP contribution is 2.24. The number of aryl methyl sites for hydroxylation is 3. The Morgan fingerprint density at radius 2 is 1.49 bits per heavy atom. The lowest BCUT2D eigenvalue weighted by molar-refractivity contribution is 0.0748. The van der Waals surface area contributed by atoms with E-state index >= 15 is 0 Å². The van der Waals surface area contributed by atoms with Crippen molar-refractivity contribution in [1.82, 2.24) is 34.4 Å². The standard InChI is InChI=1S/C36H51N7O2/c1-6-10-15-30-25-32-26-31(36(45)42(9-4)27-33-37-39-40(5)38-33)20-24-43(32)34(30)35(44)29-18-16-28(17-19-29)14-13-23-41(21-11-7-2)22-12-8-3/h16-20,24-26H,6-15,21-23,27H2,1-5H3. The Morgan fingerprint density at radius 3 is 2.11 bits per heavy atom. The molecule has 0 unspecified atom stereocenters. The van der Waals surface area contributed by atoms with Gasteiger partial charge in [-0.05, 0) is 99.6 Å². The maximum absolute atomic E-state index is 14.0. The Hall–Kier alpha value is -3.85. The van der Waals surface area contributed by atoms with Gasteiger partial charge in [-0.3, -0.25) is 9.59 Å². The second kappa shape index (κ2) is 17.0. The maximum atomic E-state index is 14.0. The number of amides is 1. The number of hydrogen-bond acceptors (Lipinski definition) is 6. The molecule has 3 aromatic heterocycles.